The molecule has 0 spiro atoms. The Balaban J connectivity index is 0.00000560. The second kappa shape index (κ2) is 16.8. The number of hydrogen-bond donors (Lipinski definition) is 0. The third kappa shape index (κ3) is 8.39. The summed E-state index contributed by atoms with van der Waals surface area (Å²) in [5.74, 6) is 2.04. The topological polar surface area (TPSA) is 35.9 Å². The number of nitrogens with zero attached hydrogens (tertiary/aromatic N) is 4. The first kappa shape index (κ1) is 44.6. The Morgan fingerprint density at radius 3 is 1.78 bits per heavy atom. The summed E-state index contributed by atoms with van der Waals surface area (Å²) in [5, 5.41) is 2.22. The van der Waals surface area contributed by atoms with Crippen LogP contribution in [-0.4, -0.2) is 14.1 Å². The molecule has 0 amide bonds. The minimum Gasteiger partial charge on any atom is -0.510 e. The van der Waals surface area contributed by atoms with E-state index in [1.165, 1.54) is 22.3 Å². The van der Waals surface area contributed by atoms with Gasteiger partial charge in [0.2, 0.25) is 0 Å². The van der Waals surface area contributed by atoms with Crippen molar-refractivity contribution >= 4 is 21.8 Å². The van der Waals surface area contributed by atoms with Gasteiger partial charge in [0, 0.05) is 55.9 Å². The standard InChI is InChI=1S/C58H56N4O.Pt/c1-55(2,3)43-31-32-59-54(35-43)62-51-24-18-17-23-49(51)50-30-29-47(37-52(50)62)63-48-34-44(58(9,10)41-21-15-12-16-22-41)33-46(36-48)60-38-53(56(4,5)6)61(39-60)45-27-25-42(26-28-45)57(7,8)40-19-13-11-14-20-40;/h11-35,38H,1-10H3;/q-2;. The van der Waals surface area contributed by atoms with Crippen molar-refractivity contribution in [1.29, 1.82) is 0 Å². The van der Waals surface area contributed by atoms with E-state index in [1.54, 1.807) is 0 Å². The Morgan fingerprint density at radius 1 is 0.531 bits per heavy atom. The maximum atomic E-state index is 6.88. The van der Waals surface area contributed by atoms with Gasteiger partial charge in [-0.05, 0) is 79.9 Å². The first-order valence-corrected chi connectivity index (χ1v) is 22.0. The van der Waals surface area contributed by atoms with Gasteiger partial charge in [-0.25, -0.2) is 4.98 Å². The summed E-state index contributed by atoms with van der Waals surface area (Å²) in [7, 11) is 0. The Morgan fingerprint density at radius 2 is 1.14 bits per heavy atom. The number of rotatable bonds is 9. The van der Waals surface area contributed by atoms with Gasteiger partial charge < -0.3 is 13.9 Å². The van der Waals surface area contributed by atoms with Crippen LogP contribution in [-0.2, 0) is 42.7 Å². The van der Waals surface area contributed by atoms with Crippen molar-refractivity contribution in [3.05, 3.63) is 210 Å². The van der Waals surface area contributed by atoms with Crippen LogP contribution in [0.5, 0.6) is 11.5 Å². The number of benzene rings is 6. The van der Waals surface area contributed by atoms with E-state index >= 15 is 0 Å². The molecule has 0 atom stereocenters. The number of aromatic nitrogens is 4. The molecule has 0 fully saturated rings. The summed E-state index contributed by atoms with van der Waals surface area (Å²) in [6, 6.07) is 58.9. The SMILES string of the molecule is CC(C)(C)c1ccnc(-n2c3[c-]c(Oc4[c-]c(-n5[c-][n+](-c6ccc(C(C)(C)c7ccccc7)cc6)c(C(C)(C)C)c5)cc(C(C)(C)c5ccccc5)c4)ccc3c3ccccc32)c1.[Pt]. The fourth-order valence-corrected chi connectivity index (χ4v) is 8.66. The zero-order chi connectivity index (χ0) is 44.3. The molecule has 0 saturated heterocycles. The number of fused-ring (bicyclic) bond motifs is 3. The summed E-state index contributed by atoms with van der Waals surface area (Å²) < 4.78 is 13.3. The van der Waals surface area contributed by atoms with Crippen molar-refractivity contribution in [2.45, 2.75) is 90.9 Å². The normalized spacial score (nSPS) is 12.4. The monoisotopic (exact) mass is 1020 g/mol. The molecule has 326 valence electrons. The summed E-state index contributed by atoms with van der Waals surface area (Å²) in [6.07, 6.45) is 7.82. The number of imidazole rings is 1. The molecule has 0 aliphatic heterocycles. The van der Waals surface area contributed by atoms with E-state index in [0.29, 0.717) is 11.5 Å². The second-order valence-corrected chi connectivity index (χ2v) is 19.9. The molecule has 3 heterocycles. The van der Waals surface area contributed by atoms with Crippen molar-refractivity contribution in [2.24, 2.45) is 0 Å². The van der Waals surface area contributed by atoms with E-state index < -0.39 is 0 Å². The van der Waals surface area contributed by atoms with Gasteiger partial charge in [-0.3, -0.25) is 4.57 Å². The molecule has 0 radical (unpaired) electrons. The maximum Gasteiger partial charge on any atom is 0.267 e. The van der Waals surface area contributed by atoms with Crippen molar-refractivity contribution in [1.82, 2.24) is 14.1 Å². The molecule has 6 aromatic carbocycles. The van der Waals surface area contributed by atoms with Gasteiger partial charge in [0.1, 0.15) is 5.82 Å². The third-order valence-corrected chi connectivity index (χ3v) is 12.7. The Hall–Kier alpha value is -6.03. The predicted molar refractivity (Wildman–Crippen MR) is 257 cm³/mol. The average molecular weight is 1020 g/mol. The Kier molecular flexibility index (Phi) is 11.7. The van der Waals surface area contributed by atoms with Gasteiger partial charge in [-0.15, -0.1) is 35.2 Å². The molecular formula is C58H56N4OPt-2. The molecule has 0 aliphatic rings. The van der Waals surface area contributed by atoms with E-state index in [-0.39, 0.29) is 42.7 Å². The molecule has 0 saturated carbocycles. The number of hydrogen-bond acceptors (Lipinski definition) is 2. The van der Waals surface area contributed by atoms with Crippen LogP contribution in [0.4, 0.5) is 0 Å². The van der Waals surface area contributed by atoms with Gasteiger partial charge in [-0.2, -0.15) is 12.1 Å². The largest absolute Gasteiger partial charge is 0.510 e. The fraction of sp³-hybridized carbons (Fsp3) is 0.241. The number of pyridine rings is 1. The number of para-hydroxylation sites is 1. The molecule has 9 rings (SSSR count). The zero-order valence-electron chi connectivity index (χ0n) is 38.5. The molecule has 0 bridgehead atoms. The molecule has 64 heavy (non-hydrogen) atoms. The zero-order valence-corrected chi connectivity index (χ0v) is 40.8. The van der Waals surface area contributed by atoms with Crippen LogP contribution in [0.25, 0.3) is 39.0 Å². The van der Waals surface area contributed by atoms with Crippen LogP contribution in [0, 0.1) is 18.5 Å². The van der Waals surface area contributed by atoms with Crippen molar-refractivity contribution < 1.29 is 30.4 Å². The Labute approximate surface area is 393 Å². The van der Waals surface area contributed by atoms with Crippen LogP contribution >= 0.6 is 0 Å². The fourth-order valence-electron chi connectivity index (χ4n) is 8.66. The van der Waals surface area contributed by atoms with Crippen molar-refractivity contribution in [2.75, 3.05) is 0 Å². The molecule has 9 aromatic rings. The van der Waals surface area contributed by atoms with Crippen molar-refractivity contribution in [3.63, 3.8) is 0 Å². The van der Waals surface area contributed by atoms with Crippen LogP contribution in [0.1, 0.15) is 103 Å². The number of ether oxygens (including phenoxy) is 1. The van der Waals surface area contributed by atoms with Gasteiger partial charge in [0.15, 0.2) is 0 Å². The van der Waals surface area contributed by atoms with E-state index in [1.807, 2.05) is 12.3 Å². The van der Waals surface area contributed by atoms with Crippen molar-refractivity contribution in [3.8, 4) is 28.7 Å². The average Bonchev–Trinajstić information content (AvgIpc) is 3.88. The molecule has 6 heteroatoms. The molecular weight excluding hydrogens is 964 g/mol. The van der Waals surface area contributed by atoms with E-state index in [0.717, 1.165) is 50.3 Å². The molecule has 3 aromatic heterocycles. The first-order chi connectivity index (χ1) is 30.0. The van der Waals surface area contributed by atoms with Crippen LogP contribution in [0.3, 0.4) is 0 Å². The third-order valence-electron chi connectivity index (χ3n) is 12.7. The molecule has 0 unspecified atom stereocenters. The molecule has 0 aliphatic carbocycles. The van der Waals surface area contributed by atoms with E-state index in [4.69, 9.17) is 9.72 Å². The summed E-state index contributed by atoms with van der Waals surface area (Å²) in [6.45, 7) is 22.5. The Bertz CT molecular complexity index is 3090. The smallest absolute Gasteiger partial charge is 0.267 e. The summed E-state index contributed by atoms with van der Waals surface area (Å²) >= 11 is 0. The van der Waals surface area contributed by atoms with Gasteiger partial charge in [0.05, 0.1) is 11.4 Å². The van der Waals surface area contributed by atoms with Gasteiger partial charge >= 0.3 is 0 Å². The van der Waals surface area contributed by atoms with E-state index in [9.17, 15) is 0 Å². The second-order valence-electron chi connectivity index (χ2n) is 19.9. The quantitative estimate of drug-likeness (QED) is 0.107. The van der Waals surface area contributed by atoms with Crippen LogP contribution < -0.4 is 9.30 Å². The van der Waals surface area contributed by atoms with Crippen LogP contribution in [0.15, 0.2) is 158 Å². The van der Waals surface area contributed by atoms with E-state index in [2.05, 4.69) is 247 Å². The maximum absolute atomic E-state index is 6.88. The predicted octanol–water partition coefficient (Wildman–Crippen LogP) is 13.7. The summed E-state index contributed by atoms with van der Waals surface area (Å²) in [4.78, 5) is 4.89. The first-order valence-electron chi connectivity index (χ1n) is 22.0. The van der Waals surface area contributed by atoms with Gasteiger partial charge in [0.25, 0.3) is 6.33 Å². The molecule has 5 nitrogen and oxygen atoms in total. The summed E-state index contributed by atoms with van der Waals surface area (Å²) in [5.41, 5.74) is 10.3. The minimum absolute atomic E-state index is 0. The molecule has 0 N–H and O–H groups in total. The minimum atomic E-state index is -0.357. The van der Waals surface area contributed by atoms with Gasteiger partial charge in [-0.1, -0.05) is 166 Å². The van der Waals surface area contributed by atoms with Crippen LogP contribution in [0.2, 0.25) is 0 Å².